The Morgan fingerprint density at radius 1 is 0.844 bits per heavy atom. The molecule has 0 spiro atoms. The van der Waals surface area contributed by atoms with Crippen molar-refractivity contribution in [2.24, 2.45) is 5.10 Å². The molecule has 0 bridgehead atoms. The lowest BCUT2D eigenvalue weighted by atomic mass is 10.1. The van der Waals surface area contributed by atoms with Gasteiger partial charge in [-0.2, -0.15) is 5.10 Å². The van der Waals surface area contributed by atoms with E-state index in [4.69, 9.17) is 16.3 Å². The van der Waals surface area contributed by atoms with Crippen molar-refractivity contribution in [3.63, 3.8) is 0 Å². The highest BCUT2D eigenvalue weighted by Crippen LogP contribution is 2.16. The summed E-state index contributed by atoms with van der Waals surface area (Å²) in [6.07, 6.45) is 0. The van der Waals surface area contributed by atoms with Gasteiger partial charge in [0.25, 0.3) is 0 Å². The number of carbonyl (C=O) groups excluding carboxylic acids is 3. The molecule has 32 heavy (non-hydrogen) atoms. The Hall–Kier alpha value is -4.04. The smallest absolute Gasteiger partial charge is 0.343 e. The number of anilines is 1. The van der Waals surface area contributed by atoms with E-state index in [0.717, 1.165) is 12.1 Å². The molecule has 3 aromatic rings. The van der Waals surface area contributed by atoms with Crippen LogP contribution in [-0.4, -0.2) is 23.5 Å². The lowest BCUT2D eigenvalue weighted by Crippen LogP contribution is -2.32. The minimum Gasteiger partial charge on any atom is -0.423 e. The van der Waals surface area contributed by atoms with Crippen LogP contribution in [0.15, 0.2) is 77.9 Å². The van der Waals surface area contributed by atoms with Gasteiger partial charge in [-0.05, 0) is 85.3 Å². The fourth-order valence-corrected chi connectivity index (χ4v) is 2.61. The molecule has 0 saturated carbocycles. The molecule has 162 valence electrons. The van der Waals surface area contributed by atoms with Crippen molar-refractivity contribution < 1.29 is 23.5 Å². The minimum absolute atomic E-state index is 0.274. The molecule has 2 amide bonds. The van der Waals surface area contributed by atoms with E-state index in [0.29, 0.717) is 27.6 Å². The molecule has 3 rings (SSSR count). The fraction of sp³-hybridized carbons (Fsp3) is 0.0435. The van der Waals surface area contributed by atoms with Crippen LogP contribution >= 0.6 is 11.6 Å². The maximum atomic E-state index is 12.9. The largest absolute Gasteiger partial charge is 0.423 e. The molecule has 0 aliphatic heterocycles. The summed E-state index contributed by atoms with van der Waals surface area (Å²) in [6, 6.07) is 17.7. The van der Waals surface area contributed by atoms with E-state index in [9.17, 15) is 18.8 Å². The lowest BCUT2D eigenvalue weighted by molar-refractivity contribution is -0.136. The van der Waals surface area contributed by atoms with Gasteiger partial charge in [-0.15, -0.1) is 0 Å². The Balaban J connectivity index is 1.56. The van der Waals surface area contributed by atoms with Crippen LogP contribution in [0.4, 0.5) is 10.1 Å². The number of amides is 2. The number of hydrazone groups is 1. The van der Waals surface area contributed by atoms with Crippen LogP contribution in [0.25, 0.3) is 0 Å². The van der Waals surface area contributed by atoms with Gasteiger partial charge >= 0.3 is 17.8 Å². The van der Waals surface area contributed by atoms with E-state index in [1.54, 1.807) is 55.5 Å². The number of halogens is 2. The van der Waals surface area contributed by atoms with Gasteiger partial charge in [0.2, 0.25) is 0 Å². The SMILES string of the molecule is C/C(=N\NC(=O)C(=O)Nc1ccc(F)cc1)c1ccc(OC(=O)c2ccc(Cl)cc2)cc1. The van der Waals surface area contributed by atoms with Gasteiger partial charge in [-0.3, -0.25) is 9.59 Å². The summed E-state index contributed by atoms with van der Waals surface area (Å²) in [5.74, 6) is -2.60. The predicted octanol–water partition coefficient (Wildman–Crippen LogP) is 4.18. The van der Waals surface area contributed by atoms with E-state index in [2.05, 4.69) is 15.8 Å². The van der Waals surface area contributed by atoms with Crippen LogP contribution in [0.2, 0.25) is 5.02 Å². The van der Waals surface area contributed by atoms with Crippen molar-refractivity contribution in [3.05, 3.63) is 94.8 Å². The minimum atomic E-state index is -0.984. The van der Waals surface area contributed by atoms with E-state index < -0.39 is 23.6 Å². The summed E-state index contributed by atoms with van der Waals surface area (Å²) in [4.78, 5) is 35.9. The zero-order valence-corrected chi connectivity index (χ0v) is 17.5. The number of rotatable bonds is 5. The number of nitrogens with zero attached hydrogens (tertiary/aromatic N) is 1. The third-order valence-corrected chi connectivity index (χ3v) is 4.45. The summed E-state index contributed by atoms with van der Waals surface area (Å²) < 4.78 is 18.2. The molecule has 2 N–H and O–H groups in total. The van der Waals surface area contributed by atoms with Crippen LogP contribution in [0.3, 0.4) is 0 Å². The number of nitrogens with one attached hydrogen (secondary N) is 2. The molecule has 0 aromatic heterocycles. The van der Waals surface area contributed by atoms with Crippen molar-refractivity contribution in [2.75, 3.05) is 5.32 Å². The van der Waals surface area contributed by atoms with Crippen molar-refractivity contribution >= 4 is 40.8 Å². The Labute approximate surface area is 187 Å². The lowest BCUT2D eigenvalue weighted by Gasteiger charge is -2.07. The first-order chi connectivity index (χ1) is 15.3. The Kier molecular flexibility index (Phi) is 7.30. The molecule has 7 nitrogen and oxygen atoms in total. The molecule has 3 aromatic carbocycles. The number of ether oxygens (including phenoxy) is 1. The number of hydrogen-bond acceptors (Lipinski definition) is 5. The molecular formula is C23H17ClFN3O4. The molecular weight excluding hydrogens is 437 g/mol. The monoisotopic (exact) mass is 453 g/mol. The molecule has 0 aliphatic carbocycles. The van der Waals surface area contributed by atoms with Crippen molar-refractivity contribution in [1.82, 2.24) is 5.43 Å². The predicted molar refractivity (Wildman–Crippen MR) is 118 cm³/mol. The topological polar surface area (TPSA) is 96.9 Å². The van der Waals surface area contributed by atoms with Crippen LogP contribution < -0.4 is 15.5 Å². The first kappa shape index (κ1) is 22.6. The van der Waals surface area contributed by atoms with E-state index in [-0.39, 0.29) is 5.69 Å². The number of esters is 1. The van der Waals surface area contributed by atoms with Crippen molar-refractivity contribution in [1.29, 1.82) is 0 Å². The summed E-state index contributed by atoms with van der Waals surface area (Å²) in [5.41, 5.74) is 3.84. The number of benzene rings is 3. The molecule has 0 unspecified atom stereocenters. The molecule has 0 radical (unpaired) electrons. The van der Waals surface area contributed by atoms with Crippen LogP contribution in [-0.2, 0) is 9.59 Å². The van der Waals surface area contributed by atoms with E-state index in [1.165, 1.54) is 12.1 Å². The molecule has 0 aliphatic rings. The second-order valence-corrected chi connectivity index (χ2v) is 6.96. The zero-order valence-electron chi connectivity index (χ0n) is 16.8. The Morgan fingerprint density at radius 3 is 2.06 bits per heavy atom. The standard InChI is InChI=1S/C23H17ClFN3O4/c1-14(27-28-22(30)21(29)26-19-10-8-18(25)9-11-19)15-4-12-20(13-5-15)32-23(31)16-2-6-17(24)7-3-16/h2-13H,1H3,(H,26,29)(H,28,30)/b27-14+. The molecule has 0 saturated heterocycles. The van der Waals surface area contributed by atoms with Gasteiger partial charge in [-0.1, -0.05) is 11.6 Å². The maximum absolute atomic E-state index is 12.9. The van der Waals surface area contributed by atoms with Crippen LogP contribution in [0.5, 0.6) is 5.75 Å². The third kappa shape index (κ3) is 6.23. The highest BCUT2D eigenvalue weighted by molar-refractivity contribution is 6.39. The second kappa shape index (κ2) is 10.3. The maximum Gasteiger partial charge on any atom is 0.343 e. The zero-order chi connectivity index (χ0) is 23.1. The van der Waals surface area contributed by atoms with E-state index >= 15 is 0 Å². The van der Waals surface area contributed by atoms with Crippen molar-refractivity contribution in [3.8, 4) is 5.75 Å². The quantitative estimate of drug-likeness (QED) is 0.199. The highest BCUT2D eigenvalue weighted by atomic mass is 35.5. The van der Waals surface area contributed by atoms with Crippen LogP contribution in [0.1, 0.15) is 22.8 Å². The third-order valence-electron chi connectivity index (χ3n) is 4.20. The molecule has 0 atom stereocenters. The van der Waals surface area contributed by atoms with Crippen LogP contribution in [0, 0.1) is 5.82 Å². The molecule has 9 heteroatoms. The summed E-state index contributed by atoms with van der Waals surface area (Å²) in [5, 5.41) is 6.74. The first-order valence-corrected chi connectivity index (χ1v) is 9.69. The Morgan fingerprint density at radius 2 is 1.44 bits per heavy atom. The summed E-state index contributed by atoms with van der Waals surface area (Å²) in [6.45, 7) is 1.63. The number of hydrogen-bond donors (Lipinski definition) is 2. The molecule has 0 fully saturated rings. The van der Waals surface area contributed by atoms with Crippen molar-refractivity contribution in [2.45, 2.75) is 6.92 Å². The average molecular weight is 454 g/mol. The highest BCUT2D eigenvalue weighted by Gasteiger charge is 2.13. The Bertz CT molecular complexity index is 1160. The second-order valence-electron chi connectivity index (χ2n) is 6.52. The normalized spacial score (nSPS) is 10.9. The first-order valence-electron chi connectivity index (χ1n) is 9.31. The van der Waals surface area contributed by atoms with E-state index in [1.807, 2.05) is 0 Å². The van der Waals surface area contributed by atoms with Gasteiger partial charge in [0.05, 0.1) is 11.3 Å². The molecule has 0 heterocycles. The summed E-state index contributed by atoms with van der Waals surface area (Å²) >= 11 is 5.80. The van der Waals surface area contributed by atoms with Gasteiger partial charge in [0, 0.05) is 10.7 Å². The fourth-order valence-electron chi connectivity index (χ4n) is 2.49. The van der Waals surface area contributed by atoms with Gasteiger partial charge < -0.3 is 10.1 Å². The van der Waals surface area contributed by atoms with Gasteiger partial charge in [0.1, 0.15) is 11.6 Å². The van der Waals surface area contributed by atoms with Gasteiger partial charge in [-0.25, -0.2) is 14.6 Å². The summed E-state index contributed by atoms with van der Waals surface area (Å²) in [7, 11) is 0. The number of carbonyl (C=O) groups is 3. The van der Waals surface area contributed by atoms with Gasteiger partial charge in [0.15, 0.2) is 0 Å². The average Bonchev–Trinajstić information content (AvgIpc) is 2.79.